The lowest BCUT2D eigenvalue weighted by atomic mass is 9.90. The molecule has 1 N–H and O–H groups in total. The number of anilines is 3. The number of pyridine rings is 1. The number of oxazole rings is 1. The largest absolute Gasteiger partial charge is 0.437 e. The van der Waals surface area contributed by atoms with E-state index in [2.05, 4.69) is 15.3 Å². The number of nitrogens with zero attached hydrogens (tertiary/aromatic N) is 5. The minimum atomic E-state index is -4.87. The number of hydrogen-bond acceptors (Lipinski definition) is 7. The fourth-order valence-electron chi connectivity index (χ4n) is 5.82. The first-order valence-corrected chi connectivity index (χ1v) is 15.0. The quantitative estimate of drug-likeness (QED) is 0.288. The number of rotatable bonds is 7. The third-order valence-corrected chi connectivity index (χ3v) is 8.29. The van der Waals surface area contributed by atoms with E-state index in [1.54, 1.807) is 17.0 Å². The molecule has 2 amide bonds. The normalized spacial score (nSPS) is 16.1. The summed E-state index contributed by atoms with van der Waals surface area (Å²) in [6, 6.07) is 22.6. The number of hydrogen-bond donors (Lipinski definition) is 1. The van der Waals surface area contributed by atoms with Gasteiger partial charge in [0, 0.05) is 39.3 Å². The van der Waals surface area contributed by atoms with Crippen molar-refractivity contribution in [1.82, 2.24) is 14.9 Å². The van der Waals surface area contributed by atoms with Crippen molar-refractivity contribution in [3.05, 3.63) is 102 Å². The molecular formula is C33H33F3N6O3. The number of carbonyl (C=O) groups excluding carboxylic acids is 2. The van der Waals surface area contributed by atoms with Crippen molar-refractivity contribution in [2.45, 2.75) is 31.4 Å². The maximum absolute atomic E-state index is 13.9. The Kier molecular flexibility index (Phi) is 8.72. The molecule has 6 rings (SSSR count). The van der Waals surface area contributed by atoms with Gasteiger partial charge >= 0.3 is 6.18 Å². The van der Waals surface area contributed by atoms with Crippen LogP contribution in [0.2, 0.25) is 0 Å². The lowest BCUT2D eigenvalue weighted by Gasteiger charge is -2.35. The van der Waals surface area contributed by atoms with Crippen molar-refractivity contribution in [2.24, 2.45) is 0 Å². The van der Waals surface area contributed by atoms with Crippen molar-refractivity contribution in [1.29, 1.82) is 0 Å². The molecule has 9 nitrogen and oxygen atoms in total. The van der Waals surface area contributed by atoms with Crippen LogP contribution < -0.4 is 15.1 Å². The molecule has 0 spiro atoms. The van der Waals surface area contributed by atoms with Crippen LogP contribution in [0, 0.1) is 0 Å². The predicted octanol–water partition coefficient (Wildman–Crippen LogP) is 5.62. The predicted molar refractivity (Wildman–Crippen MR) is 163 cm³/mol. The zero-order valence-electron chi connectivity index (χ0n) is 24.5. The monoisotopic (exact) mass is 618 g/mol. The van der Waals surface area contributed by atoms with Crippen LogP contribution in [0.1, 0.15) is 46.1 Å². The lowest BCUT2D eigenvalue weighted by molar-refractivity contribution is -0.141. The number of halogens is 3. The van der Waals surface area contributed by atoms with Gasteiger partial charge in [0.05, 0.1) is 18.3 Å². The van der Waals surface area contributed by atoms with Crippen LogP contribution in [0.25, 0.3) is 0 Å². The van der Waals surface area contributed by atoms with Crippen molar-refractivity contribution in [3.63, 3.8) is 0 Å². The molecule has 234 valence electrons. The average Bonchev–Trinajstić information content (AvgIpc) is 3.53. The molecule has 0 bridgehead atoms. The van der Waals surface area contributed by atoms with Gasteiger partial charge in [0.25, 0.3) is 11.9 Å². The minimum absolute atomic E-state index is 0.0670. The van der Waals surface area contributed by atoms with Crippen LogP contribution in [-0.2, 0) is 17.4 Å². The first-order valence-electron chi connectivity index (χ1n) is 15.0. The Balaban J connectivity index is 1.06. The molecule has 0 aliphatic carbocycles. The fourth-order valence-corrected chi connectivity index (χ4v) is 5.82. The van der Waals surface area contributed by atoms with Crippen LogP contribution in [0.3, 0.4) is 0 Å². The van der Waals surface area contributed by atoms with E-state index < -0.39 is 23.5 Å². The summed E-state index contributed by atoms with van der Waals surface area (Å²) in [5.74, 6) is -0.940. The van der Waals surface area contributed by atoms with Gasteiger partial charge in [-0.3, -0.25) is 9.59 Å². The van der Waals surface area contributed by atoms with Gasteiger partial charge in [0.2, 0.25) is 11.7 Å². The molecule has 2 aromatic heterocycles. The van der Waals surface area contributed by atoms with Crippen LogP contribution in [0.5, 0.6) is 0 Å². The van der Waals surface area contributed by atoms with E-state index in [1.165, 1.54) is 11.8 Å². The van der Waals surface area contributed by atoms with E-state index in [-0.39, 0.29) is 17.6 Å². The highest BCUT2D eigenvalue weighted by Crippen LogP contribution is 2.36. The highest BCUT2D eigenvalue weighted by Gasteiger charge is 2.42. The van der Waals surface area contributed by atoms with Gasteiger partial charge in [-0.1, -0.05) is 60.7 Å². The van der Waals surface area contributed by atoms with Crippen LogP contribution in [0.15, 0.2) is 83.4 Å². The molecule has 12 heteroatoms. The lowest BCUT2D eigenvalue weighted by Crippen LogP contribution is -2.49. The number of benzene rings is 2. The highest BCUT2D eigenvalue weighted by atomic mass is 19.4. The molecule has 4 aromatic rings. The van der Waals surface area contributed by atoms with E-state index >= 15 is 0 Å². The highest BCUT2D eigenvalue weighted by molar-refractivity contribution is 6.03. The van der Waals surface area contributed by atoms with Gasteiger partial charge in [0.15, 0.2) is 5.69 Å². The second-order valence-corrected chi connectivity index (χ2v) is 11.2. The number of amides is 2. The minimum Gasteiger partial charge on any atom is -0.417 e. The topological polar surface area (TPSA) is 94.8 Å². The SMILES string of the molecule is O=C(Nc1ccc(N2CCN(C(=O)Cc3ccccc3)CC2)nc1)c1oc(N2CCC(c3ccccc3)CC2)nc1C(F)(F)F. The van der Waals surface area contributed by atoms with Crippen molar-refractivity contribution < 1.29 is 27.2 Å². The second kappa shape index (κ2) is 13.0. The van der Waals surface area contributed by atoms with Gasteiger partial charge in [-0.15, -0.1) is 0 Å². The van der Waals surface area contributed by atoms with Crippen molar-refractivity contribution in [2.75, 3.05) is 54.4 Å². The summed E-state index contributed by atoms with van der Waals surface area (Å²) in [4.78, 5) is 39.3. The molecule has 2 aliphatic rings. The Hall–Kier alpha value is -4.87. The molecule has 2 fully saturated rings. The molecule has 4 heterocycles. The summed E-state index contributed by atoms with van der Waals surface area (Å²) in [5.41, 5.74) is 1.02. The van der Waals surface area contributed by atoms with E-state index in [4.69, 9.17) is 4.42 Å². The van der Waals surface area contributed by atoms with E-state index in [0.717, 1.165) is 18.4 Å². The molecule has 0 radical (unpaired) electrons. The summed E-state index contributed by atoms with van der Waals surface area (Å²) in [7, 11) is 0. The number of alkyl halides is 3. The van der Waals surface area contributed by atoms with Crippen LogP contribution >= 0.6 is 0 Å². The zero-order chi connectivity index (χ0) is 31.4. The number of carbonyl (C=O) groups is 2. The van der Waals surface area contributed by atoms with Crippen LogP contribution in [0.4, 0.5) is 30.7 Å². The number of aromatic nitrogens is 2. The van der Waals surface area contributed by atoms with E-state index in [0.29, 0.717) is 57.4 Å². The average molecular weight is 619 g/mol. The van der Waals surface area contributed by atoms with Gasteiger partial charge in [0.1, 0.15) is 5.82 Å². The Morgan fingerprint density at radius 3 is 2.13 bits per heavy atom. The van der Waals surface area contributed by atoms with Crippen molar-refractivity contribution in [3.8, 4) is 0 Å². The Morgan fingerprint density at radius 2 is 1.51 bits per heavy atom. The number of nitrogens with one attached hydrogen (secondary N) is 1. The summed E-state index contributed by atoms with van der Waals surface area (Å²) < 4.78 is 47.1. The van der Waals surface area contributed by atoms with E-state index in [9.17, 15) is 22.8 Å². The molecule has 0 saturated carbocycles. The smallest absolute Gasteiger partial charge is 0.417 e. The molecule has 0 atom stereocenters. The summed E-state index contributed by atoms with van der Waals surface area (Å²) in [6.07, 6.45) is -1.68. The van der Waals surface area contributed by atoms with Gasteiger partial charge in [-0.05, 0) is 42.0 Å². The summed E-state index contributed by atoms with van der Waals surface area (Å²) in [6.45, 7) is 3.17. The standard InChI is InChI=1S/C33H33F3N6O3/c34-33(35,36)30-29(45-32(39-30)42-15-13-25(14-16-42)24-9-5-2-6-10-24)31(44)38-26-11-12-27(37-22-26)40-17-19-41(20-18-40)28(43)21-23-7-3-1-4-8-23/h1-12,22,25H,13-21H2,(H,38,44). The second-order valence-electron chi connectivity index (χ2n) is 11.2. The molecule has 2 saturated heterocycles. The molecule has 0 unspecified atom stereocenters. The summed E-state index contributed by atoms with van der Waals surface area (Å²) in [5, 5.41) is 2.47. The number of piperidine rings is 1. The van der Waals surface area contributed by atoms with Crippen molar-refractivity contribution >= 4 is 29.3 Å². The fraction of sp³-hybridized carbons (Fsp3) is 0.333. The van der Waals surface area contributed by atoms with Gasteiger partial charge in [-0.25, -0.2) is 4.98 Å². The first-order chi connectivity index (χ1) is 21.7. The summed E-state index contributed by atoms with van der Waals surface area (Å²) >= 11 is 0. The molecule has 45 heavy (non-hydrogen) atoms. The maximum Gasteiger partial charge on any atom is 0.437 e. The zero-order valence-corrected chi connectivity index (χ0v) is 24.5. The first kappa shape index (κ1) is 30.2. The van der Waals surface area contributed by atoms with Gasteiger partial charge < -0.3 is 24.4 Å². The molecule has 2 aliphatic heterocycles. The molecule has 2 aromatic carbocycles. The third kappa shape index (κ3) is 7.11. The maximum atomic E-state index is 13.9. The Bertz CT molecular complexity index is 1600. The number of piperazine rings is 1. The Labute approximate surface area is 258 Å². The third-order valence-electron chi connectivity index (χ3n) is 8.29. The molecular weight excluding hydrogens is 585 g/mol. The van der Waals surface area contributed by atoms with Gasteiger partial charge in [-0.2, -0.15) is 18.2 Å². The van der Waals surface area contributed by atoms with Crippen LogP contribution in [-0.4, -0.2) is 66.0 Å². The Morgan fingerprint density at radius 1 is 0.844 bits per heavy atom. The van der Waals surface area contributed by atoms with E-state index in [1.807, 2.05) is 70.5 Å².